The second-order valence-electron chi connectivity index (χ2n) is 6.71. The molecule has 3 rings (SSSR count). The Balaban J connectivity index is 1.66. The van der Waals surface area contributed by atoms with Gasteiger partial charge in [-0.15, -0.1) is 0 Å². The molecule has 0 aliphatic rings. The summed E-state index contributed by atoms with van der Waals surface area (Å²) in [6.07, 6.45) is 2.06. The zero-order chi connectivity index (χ0) is 20.8. The monoisotopic (exact) mass is 393 g/mol. The molecule has 1 heterocycles. The number of hydrogen-bond donors (Lipinski definition) is 2. The Labute approximate surface area is 168 Å². The highest BCUT2D eigenvalue weighted by molar-refractivity contribution is 5.95. The molecule has 2 amide bonds. The first-order valence-corrected chi connectivity index (χ1v) is 9.26. The van der Waals surface area contributed by atoms with E-state index < -0.39 is 18.6 Å². The lowest BCUT2D eigenvalue weighted by atomic mass is 10.0. The van der Waals surface area contributed by atoms with Crippen LogP contribution in [0.5, 0.6) is 0 Å². The van der Waals surface area contributed by atoms with Crippen molar-refractivity contribution in [3.8, 4) is 0 Å². The third-order valence-electron chi connectivity index (χ3n) is 4.62. The number of carbonyl (C=O) groups is 3. The quantitative estimate of drug-likeness (QED) is 0.603. The van der Waals surface area contributed by atoms with Gasteiger partial charge in [-0.05, 0) is 23.8 Å². The van der Waals surface area contributed by atoms with Crippen molar-refractivity contribution in [2.45, 2.75) is 19.4 Å². The standard InChI is InChI=1S/C22H23N3O4/c1-15(26)24-20(12-16-13-23-19-11-7-6-10-18(16)19)22(28)29-14-21(27)25(2)17-8-4-3-5-9-17/h3-11,13,20,23H,12,14H2,1-2H3,(H,24,26)/t20-/m0/s1. The molecule has 0 saturated heterocycles. The molecule has 3 aromatic rings. The number of amides is 2. The summed E-state index contributed by atoms with van der Waals surface area (Å²) in [7, 11) is 1.61. The molecule has 7 nitrogen and oxygen atoms in total. The number of aromatic nitrogens is 1. The van der Waals surface area contributed by atoms with Gasteiger partial charge < -0.3 is 19.9 Å². The molecule has 0 unspecified atom stereocenters. The highest BCUT2D eigenvalue weighted by Gasteiger charge is 2.24. The molecule has 0 aliphatic heterocycles. The average molecular weight is 393 g/mol. The first kappa shape index (κ1) is 20.1. The molecular weight excluding hydrogens is 370 g/mol. The third kappa shape index (κ3) is 5.01. The summed E-state index contributed by atoms with van der Waals surface area (Å²) in [4.78, 5) is 41.1. The molecule has 1 atom stereocenters. The van der Waals surface area contributed by atoms with Crippen LogP contribution in [-0.2, 0) is 25.5 Å². The van der Waals surface area contributed by atoms with Gasteiger partial charge in [0, 0.05) is 43.2 Å². The van der Waals surface area contributed by atoms with Crippen LogP contribution in [-0.4, -0.2) is 42.5 Å². The number of aromatic amines is 1. The number of likely N-dealkylation sites (N-methyl/N-ethyl adjacent to an activating group) is 1. The number of nitrogens with zero attached hydrogens (tertiary/aromatic N) is 1. The fraction of sp³-hybridized carbons (Fsp3) is 0.227. The number of ether oxygens (including phenoxy) is 1. The summed E-state index contributed by atoms with van der Waals surface area (Å²) < 4.78 is 5.22. The molecule has 0 radical (unpaired) electrons. The number of hydrogen-bond acceptors (Lipinski definition) is 4. The zero-order valence-electron chi connectivity index (χ0n) is 16.3. The fourth-order valence-corrected chi connectivity index (χ4v) is 3.08. The van der Waals surface area contributed by atoms with Crippen LogP contribution >= 0.6 is 0 Å². The molecule has 150 valence electrons. The first-order chi connectivity index (χ1) is 14.0. The molecule has 0 spiro atoms. The smallest absolute Gasteiger partial charge is 0.329 e. The number of esters is 1. The van der Waals surface area contributed by atoms with Crippen LogP contribution in [0.15, 0.2) is 60.8 Å². The summed E-state index contributed by atoms with van der Waals surface area (Å²) in [5, 5.41) is 3.58. The van der Waals surface area contributed by atoms with Crippen molar-refractivity contribution in [1.29, 1.82) is 0 Å². The molecule has 2 N–H and O–H groups in total. The molecule has 2 aromatic carbocycles. The van der Waals surface area contributed by atoms with E-state index in [0.29, 0.717) is 5.69 Å². The highest BCUT2D eigenvalue weighted by atomic mass is 16.5. The van der Waals surface area contributed by atoms with Gasteiger partial charge >= 0.3 is 5.97 Å². The van der Waals surface area contributed by atoms with E-state index in [4.69, 9.17) is 4.74 Å². The molecule has 29 heavy (non-hydrogen) atoms. The number of benzene rings is 2. The Morgan fingerprint density at radius 1 is 1.07 bits per heavy atom. The number of carbonyl (C=O) groups excluding carboxylic acids is 3. The van der Waals surface area contributed by atoms with Crippen LogP contribution in [0.3, 0.4) is 0 Å². The number of H-pyrrole nitrogens is 1. The van der Waals surface area contributed by atoms with Gasteiger partial charge in [0.2, 0.25) is 5.91 Å². The van der Waals surface area contributed by atoms with Crippen LogP contribution < -0.4 is 10.2 Å². The van der Waals surface area contributed by atoms with E-state index in [9.17, 15) is 14.4 Å². The topological polar surface area (TPSA) is 91.5 Å². The number of nitrogens with one attached hydrogen (secondary N) is 2. The van der Waals surface area contributed by atoms with E-state index in [1.165, 1.54) is 11.8 Å². The van der Waals surface area contributed by atoms with Crippen LogP contribution in [0, 0.1) is 0 Å². The van der Waals surface area contributed by atoms with Gasteiger partial charge in [0.05, 0.1) is 0 Å². The molecule has 0 aliphatic carbocycles. The Hall–Kier alpha value is -3.61. The SMILES string of the molecule is CC(=O)N[C@@H](Cc1c[nH]c2ccccc12)C(=O)OCC(=O)N(C)c1ccccc1. The van der Waals surface area contributed by atoms with Crippen LogP contribution in [0.25, 0.3) is 10.9 Å². The lowest BCUT2D eigenvalue weighted by molar-refractivity contribution is -0.150. The van der Waals surface area contributed by atoms with Crippen LogP contribution in [0.4, 0.5) is 5.69 Å². The van der Waals surface area contributed by atoms with Crippen molar-refractivity contribution in [1.82, 2.24) is 10.3 Å². The molecule has 0 bridgehead atoms. The lowest BCUT2D eigenvalue weighted by Crippen LogP contribution is -2.43. The molecular formula is C22H23N3O4. The van der Waals surface area contributed by atoms with Crippen molar-refractivity contribution in [3.05, 3.63) is 66.4 Å². The van der Waals surface area contributed by atoms with Gasteiger partial charge in [0.1, 0.15) is 6.04 Å². The average Bonchev–Trinajstić information content (AvgIpc) is 3.14. The zero-order valence-corrected chi connectivity index (χ0v) is 16.3. The molecule has 0 fully saturated rings. The minimum Gasteiger partial charge on any atom is -0.454 e. The molecule has 0 saturated carbocycles. The van der Waals surface area contributed by atoms with E-state index in [1.807, 2.05) is 42.5 Å². The minimum absolute atomic E-state index is 0.255. The van der Waals surface area contributed by atoms with Crippen LogP contribution in [0.2, 0.25) is 0 Å². The summed E-state index contributed by atoms with van der Waals surface area (Å²) in [6, 6.07) is 15.9. The van der Waals surface area contributed by atoms with Gasteiger partial charge in [-0.1, -0.05) is 36.4 Å². The summed E-state index contributed by atoms with van der Waals surface area (Å²) in [6.45, 7) is 0.929. The summed E-state index contributed by atoms with van der Waals surface area (Å²) in [5.74, 6) is -1.36. The van der Waals surface area contributed by atoms with Gasteiger partial charge in [0.15, 0.2) is 6.61 Å². The Kier molecular flexibility index (Phi) is 6.29. The molecule has 7 heteroatoms. The van der Waals surface area contributed by atoms with Gasteiger partial charge in [-0.3, -0.25) is 9.59 Å². The number of para-hydroxylation sites is 2. The fourth-order valence-electron chi connectivity index (χ4n) is 3.08. The van der Waals surface area contributed by atoms with E-state index >= 15 is 0 Å². The number of rotatable bonds is 7. The second kappa shape index (κ2) is 9.05. The molecule has 1 aromatic heterocycles. The van der Waals surface area contributed by atoms with Crippen molar-refractivity contribution < 1.29 is 19.1 Å². The van der Waals surface area contributed by atoms with Crippen molar-refractivity contribution in [3.63, 3.8) is 0 Å². The number of fused-ring (bicyclic) bond motifs is 1. The van der Waals surface area contributed by atoms with Gasteiger partial charge in [-0.25, -0.2) is 4.79 Å². The normalized spacial score (nSPS) is 11.7. The maximum absolute atomic E-state index is 12.6. The predicted molar refractivity (Wildman–Crippen MR) is 110 cm³/mol. The van der Waals surface area contributed by atoms with Crippen molar-refractivity contribution >= 4 is 34.4 Å². The number of anilines is 1. The third-order valence-corrected chi connectivity index (χ3v) is 4.62. The summed E-state index contributed by atoms with van der Waals surface area (Å²) in [5.41, 5.74) is 2.52. The Morgan fingerprint density at radius 3 is 2.48 bits per heavy atom. The first-order valence-electron chi connectivity index (χ1n) is 9.26. The largest absolute Gasteiger partial charge is 0.454 e. The van der Waals surface area contributed by atoms with Crippen molar-refractivity contribution in [2.75, 3.05) is 18.6 Å². The lowest BCUT2D eigenvalue weighted by Gasteiger charge is -2.19. The van der Waals surface area contributed by atoms with E-state index in [2.05, 4.69) is 10.3 Å². The highest BCUT2D eigenvalue weighted by Crippen LogP contribution is 2.19. The van der Waals surface area contributed by atoms with E-state index in [0.717, 1.165) is 16.5 Å². The predicted octanol–water partition coefficient (Wildman–Crippen LogP) is 2.42. The summed E-state index contributed by atoms with van der Waals surface area (Å²) >= 11 is 0. The van der Waals surface area contributed by atoms with Gasteiger partial charge in [-0.2, -0.15) is 0 Å². The van der Waals surface area contributed by atoms with Gasteiger partial charge in [0.25, 0.3) is 5.91 Å². The van der Waals surface area contributed by atoms with Crippen molar-refractivity contribution in [2.24, 2.45) is 0 Å². The van der Waals surface area contributed by atoms with E-state index in [-0.39, 0.29) is 18.2 Å². The maximum Gasteiger partial charge on any atom is 0.329 e. The Bertz CT molecular complexity index is 1010. The minimum atomic E-state index is -0.887. The van der Waals surface area contributed by atoms with E-state index in [1.54, 1.807) is 25.4 Å². The second-order valence-corrected chi connectivity index (χ2v) is 6.71. The van der Waals surface area contributed by atoms with Crippen LogP contribution in [0.1, 0.15) is 12.5 Å². The Morgan fingerprint density at radius 2 is 1.76 bits per heavy atom. The maximum atomic E-state index is 12.6.